The van der Waals surface area contributed by atoms with Crippen molar-refractivity contribution in [3.05, 3.63) is 29.3 Å². The first kappa shape index (κ1) is 20.2. The molecule has 1 amide bonds. The van der Waals surface area contributed by atoms with Crippen LogP contribution in [0.15, 0.2) is 24.3 Å². The highest BCUT2D eigenvalue weighted by molar-refractivity contribution is 7.18. The van der Waals surface area contributed by atoms with E-state index in [1.165, 1.54) is 4.70 Å². The number of aromatic nitrogens is 1. The molecule has 2 N–H and O–H groups in total. The molecule has 2 rings (SSSR count). The van der Waals surface area contributed by atoms with Crippen molar-refractivity contribution in [1.29, 1.82) is 0 Å². The summed E-state index contributed by atoms with van der Waals surface area (Å²) in [5.41, 5.74) is 1.04. The van der Waals surface area contributed by atoms with E-state index < -0.39 is 0 Å². The van der Waals surface area contributed by atoms with Crippen molar-refractivity contribution in [2.45, 2.75) is 32.6 Å². The number of carbonyl (C=O) groups excluding carboxylic acids is 2. The van der Waals surface area contributed by atoms with Crippen molar-refractivity contribution >= 4 is 34.2 Å². The van der Waals surface area contributed by atoms with Gasteiger partial charge < -0.3 is 15.2 Å². The molecule has 0 spiro atoms. The van der Waals surface area contributed by atoms with Crippen molar-refractivity contribution in [2.24, 2.45) is 0 Å². The average molecular weight is 324 g/mol. The number of nitrogens with zero attached hydrogens (tertiary/aromatic N) is 1. The molecule has 6 heteroatoms. The van der Waals surface area contributed by atoms with Gasteiger partial charge in [-0.05, 0) is 18.6 Å². The van der Waals surface area contributed by atoms with Gasteiger partial charge in [0.05, 0.1) is 15.2 Å². The van der Waals surface area contributed by atoms with Crippen LogP contribution < -0.4 is 5.32 Å². The van der Waals surface area contributed by atoms with Crippen LogP contribution in [0.5, 0.6) is 0 Å². The topological polar surface area (TPSA) is 79.3 Å². The van der Waals surface area contributed by atoms with Crippen molar-refractivity contribution in [3.8, 4) is 0 Å². The van der Waals surface area contributed by atoms with E-state index in [9.17, 15) is 9.59 Å². The molecular formula is C16H24N2O3S. The molecule has 0 aliphatic heterocycles. The summed E-state index contributed by atoms with van der Waals surface area (Å²) in [6, 6.07) is 8.05. The zero-order valence-corrected chi connectivity index (χ0v) is 13.9. The van der Waals surface area contributed by atoms with Gasteiger partial charge in [0.2, 0.25) is 6.41 Å². The zero-order valence-electron chi connectivity index (χ0n) is 13.1. The average Bonchev–Trinajstić information content (AvgIpc) is 2.98. The van der Waals surface area contributed by atoms with E-state index in [1.54, 1.807) is 11.3 Å². The molecule has 1 aromatic carbocycles. The number of aliphatic hydroxyl groups is 1. The third-order valence-corrected chi connectivity index (χ3v) is 3.68. The molecule has 0 fully saturated rings. The number of para-hydroxylation sites is 1. The van der Waals surface area contributed by atoms with Gasteiger partial charge in [0, 0.05) is 26.5 Å². The Morgan fingerprint density at radius 2 is 2.00 bits per heavy atom. The number of carbonyl (C=O) groups is 2. The minimum absolute atomic E-state index is 0.656. The number of amides is 1. The Morgan fingerprint density at radius 1 is 1.27 bits per heavy atom. The number of hydrogen-bond acceptors (Lipinski definition) is 5. The molecule has 5 nitrogen and oxygen atoms in total. The molecule has 0 aliphatic rings. The molecule has 22 heavy (non-hydrogen) atoms. The van der Waals surface area contributed by atoms with Crippen LogP contribution in [0.1, 0.15) is 31.2 Å². The summed E-state index contributed by atoms with van der Waals surface area (Å²) >= 11 is 1.68. The van der Waals surface area contributed by atoms with Gasteiger partial charge in [-0.15, -0.1) is 11.3 Å². The molecule has 122 valence electrons. The number of rotatable bonds is 7. The minimum atomic E-state index is 0.656. The summed E-state index contributed by atoms with van der Waals surface area (Å²) < 4.78 is 1.20. The van der Waals surface area contributed by atoms with Gasteiger partial charge in [0.25, 0.3) is 0 Å². The van der Waals surface area contributed by atoms with Gasteiger partial charge in [0.15, 0.2) is 0 Å². The van der Waals surface area contributed by atoms with Crippen LogP contribution in [0.3, 0.4) is 0 Å². The van der Waals surface area contributed by atoms with Crippen LogP contribution in [-0.4, -0.2) is 36.4 Å². The van der Waals surface area contributed by atoms with Gasteiger partial charge in [-0.3, -0.25) is 4.79 Å². The maximum atomic E-state index is 10.0. The highest BCUT2D eigenvalue weighted by Crippen LogP contribution is 2.21. The van der Waals surface area contributed by atoms with Crippen LogP contribution in [0.25, 0.3) is 10.2 Å². The second kappa shape index (κ2) is 14.2. The first-order valence-corrected chi connectivity index (χ1v) is 8.03. The molecule has 0 saturated carbocycles. The molecule has 1 heterocycles. The Labute approximate surface area is 135 Å². The van der Waals surface area contributed by atoms with Crippen LogP contribution in [0.4, 0.5) is 0 Å². The van der Waals surface area contributed by atoms with E-state index >= 15 is 0 Å². The van der Waals surface area contributed by atoms with Crippen molar-refractivity contribution in [3.63, 3.8) is 0 Å². The second-order valence-electron chi connectivity index (χ2n) is 4.21. The van der Waals surface area contributed by atoms with E-state index in [-0.39, 0.29) is 0 Å². The van der Waals surface area contributed by atoms with E-state index in [0.717, 1.165) is 49.6 Å². The molecule has 0 unspecified atom stereocenters. The first-order valence-electron chi connectivity index (χ1n) is 7.21. The fourth-order valence-corrected chi connectivity index (χ4v) is 2.52. The lowest BCUT2D eigenvalue weighted by Gasteiger charge is -1.92. The second-order valence-corrected chi connectivity index (χ2v) is 5.32. The number of aldehydes is 1. The number of aliphatic hydroxyl groups excluding tert-OH is 1. The maximum absolute atomic E-state index is 10.0. The fraction of sp³-hybridized carbons (Fsp3) is 0.438. The first-order chi connectivity index (χ1) is 10.8. The Bertz CT molecular complexity index is 496. The van der Waals surface area contributed by atoms with Crippen molar-refractivity contribution in [1.82, 2.24) is 10.3 Å². The summed E-state index contributed by atoms with van der Waals surface area (Å²) in [6.07, 6.45) is 5.38. The molecule has 0 aliphatic carbocycles. The van der Waals surface area contributed by atoms with Crippen molar-refractivity contribution in [2.75, 3.05) is 13.7 Å². The lowest BCUT2D eigenvalue weighted by Crippen LogP contribution is -2.14. The van der Waals surface area contributed by atoms with Gasteiger partial charge in [-0.1, -0.05) is 25.5 Å². The highest BCUT2D eigenvalue weighted by atomic mass is 32.1. The Balaban J connectivity index is 0.000000470. The van der Waals surface area contributed by atoms with E-state index in [2.05, 4.69) is 23.3 Å². The van der Waals surface area contributed by atoms with E-state index in [0.29, 0.717) is 13.0 Å². The Morgan fingerprint density at radius 3 is 2.55 bits per heavy atom. The summed E-state index contributed by atoms with van der Waals surface area (Å²) in [7, 11) is 1.00. The van der Waals surface area contributed by atoms with Crippen LogP contribution in [0, 0.1) is 0 Å². The number of fused-ring (bicyclic) bond motifs is 1. The van der Waals surface area contributed by atoms with Gasteiger partial charge in [-0.25, -0.2) is 4.98 Å². The molecule has 0 radical (unpaired) electrons. The summed E-state index contributed by atoms with van der Waals surface area (Å²) in [6.45, 7) is 2.73. The maximum Gasteiger partial charge on any atom is 0.207 e. The third kappa shape index (κ3) is 8.49. The number of hydrogen-bond donors (Lipinski definition) is 2. The molecule has 2 aromatic rings. The number of nitrogens with one attached hydrogen (secondary N) is 1. The monoisotopic (exact) mass is 324 g/mol. The third-order valence-electron chi connectivity index (χ3n) is 2.58. The smallest absolute Gasteiger partial charge is 0.207 e. The van der Waals surface area contributed by atoms with E-state index in [4.69, 9.17) is 5.11 Å². The van der Waals surface area contributed by atoms with Gasteiger partial charge >= 0.3 is 0 Å². The predicted octanol–water partition coefficient (Wildman–Crippen LogP) is 2.57. The molecule has 0 atom stereocenters. The molecule has 1 aromatic heterocycles. The van der Waals surface area contributed by atoms with Gasteiger partial charge in [-0.2, -0.15) is 0 Å². The zero-order chi connectivity index (χ0) is 16.6. The lowest BCUT2D eigenvalue weighted by molar-refractivity contribution is -0.109. The highest BCUT2D eigenvalue weighted by Gasteiger charge is 2.01. The SMILES string of the molecule is CCCCC=O.CO.O=CNCCc1nc2ccccc2s1. The lowest BCUT2D eigenvalue weighted by atomic mass is 10.3. The van der Waals surface area contributed by atoms with Crippen LogP contribution >= 0.6 is 11.3 Å². The quantitative estimate of drug-likeness (QED) is 0.606. The van der Waals surface area contributed by atoms with Crippen LogP contribution in [0.2, 0.25) is 0 Å². The van der Waals surface area contributed by atoms with Crippen LogP contribution in [-0.2, 0) is 16.0 Å². The molecular weight excluding hydrogens is 300 g/mol. The Hall–Kier alpha value is -1.79. The Kier molecular flexibility index (Phi) is 13.0. The fourth-order valence-electron chi connectivity index (χ4n) is 1.55. The summed E-state index contributed by atoms with van der Waals surface area (Å²) in [5, 5.41) is 10.7. The largest absolute Gasteiger partial charge is 0.400 e. The normalized spacial score (nSPS) is 9.05. The minimum Gasteiger partial charge on any atom is -0.400 e. The predicted molar refractivity (Wildman–Crippen MR) is 91.1 cm³/mol. The van der Waals surface area contributed by atoms with E-state index in [1.807, 2.05) is 18.2 Å². The number of benzene rings is 1. The number of thiazole rings is 1. The van der Waals surface area contributed by atoms with Crippen molar-refractivity contribution < 1.29 is 14.7 Å². The number of unbranched alkanes of at least 4 members (excludes halogenated alkanes) is 2. The van der Waals surface area contributed by atoms with Gasteiger partial charge in [0.1, 0.15) is 6.29 Å². The molecule has 0 saturated heterocycles. The standard InChI is InChI=1S/C10H10N2OS.C5H10O.CH4O/c13-7-11-6-5-10-12-8-3-1-2-4-9(8)14-10;1-2-3-4-5-6;1-2/h1-4,7H,5-6H2,(H,11,13);5H,2-4H2,1H3;2H,1H3. The summed E-state index contributed by atoms with van der Waals surface area (Å²) in [4.78, 5) is 24.0. The molecule has 0 bridgehead atoms. The summed E-state index contributed by atoms with van der Waals surface area (Å²) in [5.74, 6) is 0.